The minimum atomic E-state index is -3.00. The van der Waals surface area contributed by atoms with Gasteiger partial charge < -0.3 is 9.88 Å². The number of H-pyrrole nitrogens is 1. The second kappa shape index (κ2) is 5.39. The Labute approximate surface area is 129 Å². The standard InChI is InChI=1S/C15H19N3O3S/c1-3-14-16-12-5-4-10(8-13(12)17-14)15(19)18(2)11-6-7-22(20,21)9-11/h4-5,8,11H,3,6-7,9H2,1-2H3,(H,16,17). The molecule has 6 nitrogen and oxygen atoms in total. The Morgan fingerprint density at radius 1 is 1.45 bits per heavy atom. The first-order valence-corrected chi connectivity index (χ1v) is 9.18. The third-order valence-corrected chi connectivity index (χ3v) is 5.94. The van der Waals surface area contributed by atoms with E-state index in [0.717, 1.165) is 23.3 Å². The van der Waals surface area contributed by atoms with Gasteiger partial charge in [0.1, 0.15) is 5.82 Å². The fraction of sp³-hybridized carbons (Fsp3) is 0.467. The molecule has 1 saturated heterocycles. The number of nitrogens with one attached hydrogen (secondary N) is 1. The lowest BCUT2D eigenvalue weighted by molar-refractivity contribution is 0.0748. The summed E-state index contributed by atoms with van der Waals surface area (Å²) in [5, 5.41) is 0. The highest BCUT2D eigenvalue weighted by Gasteiger charge is 2.33. The van der Waals surface area contributed by atoms with Gasteiger partial charge in [-0.2, -0.15) is 0 Å². The van der Waals surface area contributed by atoms with Crippen molar-refractivity contribution in [3.8, 4) is 0 Å². The van der Waals surface area contributed by atoms with Gasteiger partial charge in [-0.05, 0) is 24.6 Å². The van der Waals surface area contributed by atoms with E-state index in [-0.39, 0.29) is 23.5 Å². The number of aromatic nitrogens is 2. The summed E-state index contributed by atoms with van der Waals surface area (Å²) in [5.41, 5.74) is 2.21. The van der Waals surface area contributed by atoms with Crippen molar-refractivity contribution in [2.45, 2.75) is 25.8 Å². The molecule has 0 bridgehead atoms. The smallest absolute Gasteiger partial charge is 0.253 e. The second-order valence-electron chi connectivity index (χ2n) is 5.74. The van der Waals surface area contributed by atoms with Crippen molar-refractivity contribution in [3.63, 3.8) is 0 Å². The molecule has 1 aliphatic heterocycles. The maximum absolute atomic E-state index is 12.6. The molecule has 22 heavy (non-hydrogen) atoms. The monoisotopic (exact) mass is 321 g/mol. The van der Waals surface area contributed by atoms with Crippen molar-refractivity contribution in [2.75, 3.05) is 18.6 Å². The number of fused-ring (bicyclic) bond motifs is 1. The number of imidazole rings is 1. The molecule has 1 aliphatic rings. The summed E-state index contributed by atoms with van der Waals surface area (Å²) in [7, 11) is -1.33. The van der Waals surface area contributed by atoms with Crippen LogP contribution in [0, 0.1) is 0 Å². The zero-order chi connectivity index (χ0) is 15.9. The molecule has 2 aromatic rings. The fourth-order valence-electron chi connectivity index (χ4n) is 2.81. The number of amides is 1. The van der Waals surface area contributed by atoms with Crippen molar-refractivity contribution < 1.29 is 13.2 Å². The Morgan fingerprint density at radius 2 is 2.23 bits per heavy atom. The lowest BCUT2D eigenvalue weighted by Gasteiger charge is -2.23. The van der Waals surface area contributed by atoms with Crippen molar-refractivity contribution in [1.82, 2.24) is 14.9 Å². The van der Waals surface area contributed by atoms with Crippen molar-refractivity contribution in [1.29, 1.82) is 0 Å². The van der Waals surface area contributed by atoms with Crippen LogP contribution in [0.1, 0.15) is 29.5 Å². The Hall–Kier alpha value is -1.89. The van der Waals surface area contributed by atoms with Crippen LogP contribution >= 0.6 is 0 Å². The minimum absolute atomic E-state index is 0.0571. The van der Waals surface area contributed by atoms with E-state index in [1.54, 1.807) is 24.1 Å². The highest BCUT2D eigenvalue weighted by Crippen LogP contribution is 2.20. The molecule has 0 radical (unpaired) electrons. The molecule has 2 heterocycles. The Balaban J connectivity index is 1.85. The number of carbonyl (C=O) groups is 1. The molecule has 1 N–H and O–H groups in total. The largest absolute Gasteiger partial charge is 0.342 e. The van der Waals surface area contributed by atoms with Gasteiger partial charge >= 0.3 is 0 Å². The summed E-state index contributed by atoms with van der Waals surface area (Å²) in [4.78, 5) is 21.7. The topological polar surface area (TPSA) is 83.1 Å². The highest BCUT2D eigenvalue weighted by atomic mass is 32.2. The third kappa shape index (κ3) is 2.72. The van der Waals surface area contributed by atoms with E-state index in [9.17, 15) is 13.2 Å². The van der Waals surface area contributed by atoms with Gasteiger partial charge in [0.05, 0.1) is 22.5 Å². The second-order valence-corrected chi connectivity index (χ2v) is 7.97. The van der Waals surface area contributed by atoms with Crippen LogP contribution in [0.3, 0.4) is 0 Å². The molecule has 7 heteroatoms. The van der Waals surface area contributed by atoms with Gasteiger partial charge in [0.2, 0.25) is 0 Å². The maximum Gasteiger partial charge on any atom is 0.253 e. The number of benzene rings is 1. The number of hydrogen-bond acceptors (Lipinski definition) is 4. The van der Waals surface area contributed by atoms with Gasteiger partial charge in [-0.3, -0.25) is 4.79 Å². The number of carbonyl (C=O) groups excluding carboxylic acids is 1. The lowest BCUT2D eigenvalue weighted by Crippen LogP contribution is -2.37. The molecular weight excluding hydrogens is 302 g/mol. The third-order valence-electron chi connectivity index (χ3n) is 4.19. The Kier molecular flexibility index (Phi) is 3.68. The van der Waals surface area contributed by atoms with Crippen LogP contribution in [0.2, 0.25) is 0 Å². The van der Waals surface area contributed by atoms with Crippen LogP contribution < -0.4 is 0 Å². The predicted octanol–water partition coefficient (Wildman–Crippen LogP) is 1.38. The predicted molar refractivity (Wildman–Crippen MR) is 84.6 cm³/mol. The molecular formula is C15H19N3O3S. The zero-order valence-electron chi connectivity index (χ0n) is 12.7. The van der Waals surface area contributed by atoms with Crippen molar-refractivity contribution >= 4 is 26.8 Å². The lowest BCUT2D eigenvalue weighted by atomic mass is 10.1. The number of hydrogen-bond donors (Lipinski definition) is 1. The molecule has 1 amide bonds. The number of nitrogens with zero attached hydrogens (tertiary/aromatic N) is 2. The van der Waals surface area contributed by atoms with Crippen LogP contribution in [0.25, 0.3) is 11.0 Å². The molecule has 1 aromatic carbocycles. The van der Waals surface area contributed by atoms with E-state index in [0.29, 0.717) is 12.0 Å². The summed E-state index contributed by atoms with van der Waals surface area (Å²) in [6.45, 7) is 2.01. The molecule has 0 saturated carbocycles. The molecule has 3 rings (SSSR count). The fourth-order valence-corrected chi connectivity index (χ4v) is 4.59. The first kappa shape index (κ1) is 15.0. The number of sulfone groups is 1. The van der Waals surface area contributed by atoms with Gasteiger partial charge in [-0.25, -0.2) is 13.4 Å². The van der Waals surface area contributed by atoms with Crippen LogP contribution in [0.5, 0.6) is 0 Å². The van der Waals surface area contributed by atoms with Crippen LogP contribution in [-0.4, -0.2) is 53.8 Å². The zero-order valence-corrected chi connectivity index (χ0v) is 13.5. The number of aryl methyl sites for hydroxylation is 1. The van der Waals surface area contributed by atoms with Gasteiger partial charge in [-0.1, -0.05) is 6.92 Å². The molecule has 1 unspecified atom stereocenters. The Morgan fingerprint density at radius 3 is 2.86 bits per heavy atom. The van der Waals surface area contributed by atoms with E-state index in [4.69, 9.17) is 0 Å². The molecule has 118 valence electrons. The summed E-state index contributed by atoms with van der Waals surface area (Å²) in [6, 6.07) is 5.10. The normalized spacial score (nSPS) is 20.4. The molecule has 1 fully saturated rings. The van der Waals surface area contributed by atoms with E-state index < -0.39 is 9.84 Å². The number of rotatable bonds is 3. The highest BCUT2D eigenvalue weighted by molar-refractivity contribution is 7.91. The first-order chi connectivity index (χ1) is 10.4. The maximum atomic E-state index is 12.6. The van der Waals surface area contributed by atoms with Gasteiger partial charge in [0.15, 0.2) is 9.84 Å². The van der Waals surface area contributed by atoms with Crippen molar-refractivity contribution in [2.24, 2.45) is 0 Å². The van der Waals surface area contributed by atoms with Gasteiger partial charge in [-0.15, -0.1) is 0 Å². The van der Waals surface area contributed by atoms with Crippen LogP contribution in [0.15, 0.2) is 18.2 Å². The number of aromatic amines is 1. The molecule has 0 aliphatic carbocycles. The van der Waals surface area contributed by atoms with Crippen LogP contribution in [0.4, 0.5) is 0 Å². The molecule has 1 aromatic heterocycles. The summed E-state index contributed by atoms with van der Waals surface area (Å²) in [6.07, 6.45) is 1.31. The SMILES string of the molecule is CCc1nc2ccc(C(=O)N(C)C3CCS(=O)(=O)C3)cc2[nH]1. The first-order valence-electron chi connectivity index (χ1n) is 7.36. The quantitative estimate of drug-likeness (QED) is 0.926. The average molecular weight is 321 g/mol. The summed E-state index contributed by atoms with van der Waals surface area (Å²) in [5.74, 6) is 0.947. The average Bonchev–Trinajstić information content (AvgIpc) is 3.07. The summed E-state index contributed by atoms with van der Waals surface area (Å²) >= 11 is 0. The summed E-state index contributed by atoms with van der Waals surface area (Å²) < 4.78 is 23.1. The van der Waals surface area contributed by atoms with Crippen molar-refractivity contribution in [3.05, 3.63) is 29.6 Å². The van der Waals surface area contributed by atoms with Gasteiger partial charge in [0, 0.05) is 25.1 Å². The van der Waals surface area contributed by atoms with Gasteiger partial charge in [0.25, 0.3) is 5.91 Å². The van der Waals surface area contributed by atoms with E-state index in [1.807, 2.05) is 13.0 Å². The van der Waals surface area contributed by atoms with E-state index >= 15 is 0 Å². The molecule has 1 atom stereocenters. The minimum Gasteiger partial charge on any atom is -0.342 e. The van der Waals surface area contributed by atoms with E-state index in [1.165, 1.54) is 0 Å². The van der Waals surface area contributed by atoms with E-state index in [2.05, 4.69) is 9.97 Å². The Bertz CT molecular complexity index is 826. The molecule has 0 spiro atoms. The van der Waals surface area contributed by atoms with Crippen LogP contribution in [-0.2, 0) is 16.3 Å².